The minimum atomic E-state index is -0.395. The van der Waals surface area contributed by atoms with E-state index in [0.717, 1.165) is 21.9 Å². The van der Waals surface area contributed by atoms with Crippen molar-refractivity contribution >= 4 is 33.9 Å². The molecule has 2 aromatic carbocycles. The highest BCUT2D eigenvalue weighted by atomic mass is 32.1. The van der Waals surface area contributed by atoms with Crippen molar-refractivity contribution < 1.29 is 18.7 Å². The van der Waals surface area contributed by atoms with Gasteiger partial charge in [0.2, 0.25) is 5.91 Å². The summed E-state index contributed by atoms with van der Waals surface area (Å²) < 4.78 is 20.0. The highest BCUT2D eigenvalue weighted by Gasteiger charge is 2.13. The van der Waals surface area contributed by atoms with Crippen LogP contribution in [0.25, 0.3) is 16.2 Å². The molecule has 0 saturated heterocycles. The number of fused-ring (bicyclic) bond motifs is 1. The molecule has 2 heterocycles. The number of amides is 1. The van der Waals surface area contributed by atoms with Gasteiger partial charge in [-0.25, -0.2) is 14.2 Å². The Kier molecular flexibility index (Phi) is 5.58. The molecule has 0 unspecified atom stereocenters. The third-order valence-electron chi connectivity index (χ3n) is 4.44. The fourth-order valence-corrected chi connectivity index (χ4v) is 3.86. The largest absolute Gasteiger partial charge is 0.462 e. The van der Waals surface area contributed by atoms with E-state index < -0.39 is 5.97 Å². The van der Waals surface area contributed by atoms with Gasteiger partial charge >= 0.3 is 5.97 Å². The molecular weight excluding hydrogens is 405 g/mol. The van der Waals surface area contributed by atoms with Crippen LogP contribution in [0, 0.1) is 5.82 Å². The fraction of sp³-hybridized carbons (Fsp3) is 0.136. The van der Waals surface area contributed by atoms with Gasteiger partial charge in [-0.1, -0.05) is 0 Å². The van der Waals surface area contributed by atoms with Crippen LogP contribution in [-0.4, -0.2) is 27.9 Å². The lowest BCUT2D eigenvalue weighted by molar-refractivity contribution is -0.115. The highest BCUT2D eigenvalue weighted by Crippen LogP contribution is 2.24. The number of esters is 1. The summed E-state index contributed by atoms with van der Waals surface area (Å²) in [5, 5.41) is 4.72. The first-order valence-electron chi connectivity index (χ1n) is 9.32. The number of imidazole rings is 1. The van der Waals surface area contributed by atoms with Crippen molar-refractivity contribution in [1.82, 2.24) is 9.38 Å². The van der Waals surface area contributed by atoms with Gasteiger partial charge in [-0.2, -0.15) is 0 Å². The van der Waals surface area contributed by atoms with Crippen molar-refractivity contribution in [3.8, 4) is 11.3 Å². The minimum absolute atomic E-state index is 0.166. The summed E-state index contributed by atoms with van der Waals surface area (Å²) in [6.45, 7) is 2.06. The predicted molar refractivity (Wildman–Crippen MR) is 113 cm³/mol. The number of ether oxygens (including phenoxy) is 1. The maximum Gasteiger partial charge on any atom is 0.338 e. The van der Waals surface area contributed by atoms with Crippen LogP contribution >= 0.6 is 11.3 Å². The zero-order valence-electron chi connectivity index (χ0n) is 16.1. The SMILES string of the molecule is CCOC(=O)c1ccc(NC(=O)Cc2csc3nc(-c4ccc(F)cc4)cn23)cc1. The number of nitrogens with one attached hydrogen (secondary N) is 1. The molecule has 0 bridgehead atoms. The lowest BCUT2D eigenvalue weighted by atomic mass is 10.2. The van der Waals surface area contributed by atoms with Crippen molar-refractivity contribution in [2.24, 2.45) is 0 Å². The number of hydrogen-bond acceptors (Lipinski definition) is 5. The van der Waals surface area contributed by atoms with E-state index in [4.69, 9.17) is 4.74 Å². The highest BCUT2D eigenvalue weighted by molar-refractivity contribution is 7.15. The topological polar surface area (TPSA) is 72.7 Å². The molecule has 6 nitrogen and oxygen atoms in total. The first-order valence-corrected chi connectivity index (χ1v) is 10.2. The van der Waals surface area contributed by atoms with Gasteiger partial charge in [-0.05, 0) is 55.5 Å². The maximum absolute atomic E-state index is 13.1. The normalized spacial score (nSPS) is 10.9. The van der Waals surface area contributed by atoms with Crippen molar-refractivity contribution in [2.45, 2.75) is 13.3 Å². The van der Waals surface area contributed by atoms with Gasteiger partial charge in [0.15, 0.2) is 4.96 Å². The monoisotopic (exact) mass is 423 g/mol. The van der Waals surface area contributed by atoms with E-state index in [1.165, 1.54) is 23.5 Å². The molecule has 0 radical (unpaired) electrons. The summed E-state index contributed by atoms with van der Waals surface area (Å²) in [6, 6.07) is 12.7. The summed E-state index contributed by atoms with van der Waals surface area (Å²) in [7, 11) is 0. The van der Waals surface area contributed by atoms with Gasteiger partial charge in [-0.15, -0.1) is 11.3 Å². The smallest absolute Gasteiger partial charge is 0.338 e. The summed E-state index contributed by atoms with van der Waals surface area (Å²) in [5.74, 6) is -0.879. The molecule has 4 aromatic rings. The molecule has 2 aromatic heterocycles. The van der Waals surface area contributed by atoms with Crippen molar-refractivity contribution in [3.63, 3.8) is 0 Å². The zero-order chi connectivity index (χ0) is 21.1. The summed E-state index contributed by atoms with van der Waals surface area (Å²) in [5.41, 5.74) is 3.36. The Labute approximate surface area is 176 Å². The summed E-state index contributed by atoms with van der Waals surface area (Å²) in [4.78, 5) is 29.5. The molecule has 0 aliphatic rings. The van der Waals surface area contributed by atoms with Crippen LogP contribution in [0.15, 0.2) is 60.1 Å². The molecule has 1 amide bonds. The van der Waals surface area contributed by atoms with Crippen molar-refractivity contribution in [2.75, 3.05) is 11.9 Å². The Morgan fingerprint density at radius 3 is 2.57 bits per heavy atom. The van der Waals surface area contributed by atoms with E-state index in [0.29, 0.717) is 17.9 Å². The Bertz CT molecular complexity index is 1200. The number of halogens is 1. The molecule has 0 atom stereocenters. The standard InChI is InChI=1S/C22H18FN3O3S/c1-2-29-21(28)15-5-9-17(10-6-15)24-20(27)11-18-13-30-22-25-19(12-26(18)22)14-3-7-16(23)8-4-14/h3-10,12-13H,2,11H2,1H3,(H,24,27). The van der Waals surface area contributed by atoms with Gasteiger partial charge in [-0.3, -0.25) is 9.20 Å². The average molecular weight is 423 g/mol. The number of aromatic nitrogens is 2. The Hall–Kier alpha value is -3.52. The van der Waals surface area contributed by atoms with Gasteiger partial charge in [0.05, 0.1) is 24.3 Å². The van der Waals surface area contributed by atoms with Crippen LogP contribution in [0.3, 0.4) is 0 Å². The Morgan fingerprint density at radius 2 is 1.87 bits per heavy atom. The lowest BCUT2D eigenvalue weighted by Gasteiger charge is -2.06. The first-order chi connectivity index (χ1) is 14.5. The molecule has 0 spiro atoms. The molecule has 0 aliphatic carbocycles. The second kappa shape index (κ2) is 8.46. The van der Waals surface area contributed by atoms with Crippen molar-refractivity contribution in [3.05, 3.63) is 77.2 Å². The number of carbonyl (C=O) groups excluding carboxylic acids is 2. The van der Waals surface area contributed by atoms with Crippen LogP contribution in [0.1, 0.15) is 23.0 Å². The summed E-state index contributed by atoms with van der Waals surface area (Å²) >= 11 is 1.44. The van der Waals surface area contributed by atoms with E-state index >= 15 is 0 Å². The van der Waals surface area contributed by atoms with Crippen molar-refractivity contribution in [1.29, 1.82) is 0 Å². The molecular formula is C22H18FN3O3S. The van der Waals surface area contributed by atoms with Crippen LogP contribution in [-0.2, 0) is 16.0 Å². The Balaban J connectivity index is 1.45. The maximum atomic E-state index is 13.1. The molecule has 0 fully saturated rings. The Morgan fingerprint density at radius 1 is 1.13 bits per heavy atom. The minimum Gasteiger partial charge on any atom is -0.462 e. The number of nitrogens with zero attached hydrogens (tertiary/aromatic N) is 2. The van der Waals surface area contributed by atoms with E-state index in [2.05, 4.69) is 10.3 Å². The number of thiazole rings is 1. The molecule has 0 saturated carbocycles. The van der Waals surface area contributed by atoms with Crippen LogP contribution in [0.5, 0.6) is 0 Å². The molecule has 1 N–H and O–H groups in total. The molecule has 8 heteroatoms. The van der Waals surface area contributed by atoms with Gasteiger partial charge in [0, 0.05) is 28.5 Å². The average Bonchev–Trinajstić information content (AvgIpc) is 3.31. The van der Waals surface area contributed by atoms with E-state index in [-0.39, 0.29) is 18.1 Å². The number of carbonyl (C=O) groups is 2. The van der Waals surface area contributed by atoms with Gasteiger partial charge < -0.3 is 10.1 Å². The quantitative estimate of drug-likeness (QED) is 0.462. The predicted octanol–water partition coefficient (Wildman–Crippen LogP) is 4.56. The number of anilines is 1. The number of hydrogen-bond donors (Lipinski definition) is 1. The second-order valence-electron chi connectivity index (χ2n) is 6.54. The van der Waals surface area contributed by atoms with Crippen LogP contribution in [0.2, 0.25) is 0 Å². The number of benzene rings is 2. The second-order valence-corrected chi connectivity index (χ2v) is 7.37. The van der Waals surface area contributed by atoms with Crippen LogP contribution in [0.4, 0.5) is 10.1 Å². The zero-order valence-corrected chi connectivity index (χ0v) is 16.9. The summed E-state index contributed by atoms with van der Waals surface area (Å²) in [6.07, 6.45) is 2.01. The van der Waals surface area contributed by atoms with E-state index in [1.807, 2.05) is 16.0 Å². The third kappa shape index (κ3) is 4.23. The molecule has 0 aliphatic heterocycles. The first kappa shape index (κ1) is 19.8. The number of rotatable bonds is 6. The van der Waals surface area contributed by atoms with Gasteiger partial charge in [0.25, 0.3) is 0 Å². The molecule has 4 rings (SSSR count). The lowest BCUT2D eigenvalue weighted by Crippen LogP contribution is -2.15. The fourth-order valence-electron chi connectivity index (χ4n) is 2.99. The van der Waals surface area contributed by atoms with Gasteiger partial charge in [0.1, 0.15) is 5.82 Å². The van der Waals surface area contributed by atoms with E-state index in [9.17, 15) is 14.0 Å². The van der Waals surface area contributed by atoms with E-state index in [1.54, 1.807) is 43.3 Å². The molecule has 30 heavy (non-hydrogen) atoms. The third-order valence-corrected chi connectivity index (χ3v) is 5.33. The van der Waals surface area contributed by atoms with Crippen LogP contribution < -0.4 is 5.32 Å². The molecule has 152 valence electrons.